The highest BCUT2D eigenvalue weighted by Crippen LogP contribution is 2.33. The zero-order valence-corrected chi connectivity index (χ0v) is 15.4. The molecule has 2 unspecified atom stereocenters. The Morgan fingerprint density at radius 2 is 1.83 bits per heavy atom. The summed E-state index contributed by atoms with van der Waals surface area (Å²) in [4.78, 5) is 16.7. The zero-order chi connectivity index (χ0) is 17.3. The highest BCUT2D eigenvalue weighted by atomic mass is 32.1. The van der Waals surface area contributed by atoms with Crippen molar-refractivity contribution in [3.05, 3.63) is 40.1 Å². The van der Waals surface area contributed by atoms with Gasteiger partial charge in [0.2, 0.25) is 0 Å². The lowest BCUT2D eigenvalue weighted by molar-refractivity contribution is -0.0585. The first-order chi connectivity index (χ1) is 11.5. The van der Waals surface area contributed by atoms with Crippen LogP contribution in [-0.4, -0.2) is 43.2 Å². The predicted molar refractivity (Wildman–Crippen MR) is 97.0 cm³/mol. The average molecular weight is 345 g/mol. The van der Waals surface area contributed by atoms with E-state index in [0.29, 0.717) is 13.1 Å². The van der Waals surface area contributed by atoms with Gasteiger partial charge in [0.15, 0.2) is 0 Å². The summed E-state index contributed by atoms with van der Waals surface area (Å²) < 4.78 is 10.9. The number of methoxy groups -OCH3 is 1. The minimum Gasteiger partial charge on any atom is -0.497 e. The standard InChI is InChI=1S/C19H23NO3S/c1-12-10-20(11-13(2)23-12)19(21)18-9-17(14(3)24-18)15-5-7-16(22-4)8-6-15/h5-9,12-13H,10-11H2,1-4H3. The molecular formula is C19H23NO3S. The van der Waals surface area contributed by atoms with Gasteiger partial charge in [-0.25, -0.2) is 0 Å². The second kappa shape index (κ2) is 6.95. The molecule has 1 aromatic heterocycles. The van der Waals surface area contributed by atoms with E-state index in [2.05, 4.69) is 6.92 Å². The second-order valence-electron chi connectivity index (χ2n) is 6.28. The molecule has 1 amide bonds. The molecule has 24 heavy (non-hydrogen) atoms. The third kappa shape index (κ3) is 3.47. The number of nitrogens with zero attached hydrogens (tertiary/aromatic N) is 1. The molecular weight excluding hydrogens is 322 g/mol. The Bertz CT molecular complexity index is 713. The molecule has 0 spiro atoms. The quantitative estimate of drug-likeness (QED) is 0.844. The summed E-state index contributed by atoms with van der Waals surface area (Å²) in [5.41, 5.74) is 2.22. The van der Waals surface area contributed by atoms with Gasteiger partial charge in [-0.2, -0.15) is 0 Å². The first-order valence-corrected chi connectivity index (χ1v) is 8.99. The molecule has 128 valence electrons. The van der Waals surface area contributed by atoms with Crippen molar-refractivity contribution in [1.82, 2.24) is 4.90 Å². The number of carbonyl (C=O) groups excluding carboxylic acids is 1. The topological polar surface area (TPSA) is 38.8 Å². The second-order valence-corrected chi connectivity index (χ2v) is 7.53. The molecule has 1 aromatic carbocycles. The first kappa shape index (κ1) is 17.0. The fourth-order valence-electron chi connectivity index (χ4n) is 3.14. The van der Waals surface area contributed by atoms with Crippen molar-refractivity contribution in [2.75, 3.05) is 20.2 Å². The lowest BCUT2D eigenvalue weighted by Crippen LogP contribution is -2.48. The van der Waals surface area contributed by atoms with Crippen LogP contribution in [0.5, 0.6) is 5.75 Å². The number of aryl methyl sites for hydroxylation is 1. The monoisotopic (exact) mass is 345 g/mol. The minimum atomic E-state index is 0.0832. The van der Waals surface area contributed by atoms with E-state index in [-0.39, 0.29) is 18.1 Å². The third-order valence-corrected chi connectivity index (χ3v) is 5.27. The molecule has 1 saturated heterocycles. The number of thiophene rings is 1. The van der Waals surface area contributed by atoms with Gasteiger partial charge in [0.05, 0.1) is 24.2 Å². The molecule has 4 nitrogen and oxygen atoms in total. The number of carbonyl (C=O) groups is 1. The summed E-state index contributed by atoms with van der Waals surface area (Å²) in [6, 6.07) is 9.95. The van der Waals surface area contributed by atoms with Crippen LogP contribution in [0.4, 0.5) is 0 Å². The Morgan fingerprint density at radius 3 is 2.42 bits per heavy atom. The minimum absolute atomic E-state index is 0.0832. The van der Waals surface area contributed by atoms with Gasteiger partial charge in [0.1, 0.15) is 5.75 Å². The summed E-state index contributed by atoms with van der Waals surface area (Å²) in [6.07, 6.45) is 0.166. The fourth-order valence-corrected chi connectivity index (χ4v) is 4.15. The van der Waals surface area contributed by atoms with Crippen LogP contribution in [-0.2, 0) is 4.74 Å². The molecule has 1 aliphatic rings. The van der Waals surface area contributed by atoms with Crippen molar-refractivity contribution >= 4 is 17.2 Å². The highest BCUT2D eigenvalue weighted by molar-refractivity contribution is 7.14. The number of benzene rings is 1. The van der Waals surface area contributed by atoms with Crippen LogP contribution in [0.15, 0.2) is 30.3 Å². The summed E-state index contributed by atoms with van der Waals surface area (Å²) in [5.74, 6) is 0.934. The lowest BCUT2D eigenvalue weighted by atomic mass is 10.1. The first-order valence-electron chi connectivity index (χ1n) is 8.17. The Labute approximate surface area is 147 Å². The van der Waals surface area contributed by atoms with Gasteiger partial charge in [-0.05, 0) is 50.1 Å². The van der Waals surface area contributed by atoms with E-state index in [0.717, 1.165) is 26.6 Å². The molecule has 0 N–H and O–H groups in total. The smallest absolute Gasteiger partial charge is 0.264 e. The van der Waals surface area contributed by atoms with E-state index in [1.807, 2.05) is 49.1 Å². The van der Waals surface area contributed by atoms with E-state index in [4.69, 9.17) is 9.47 Å². The van der Waals surface area contributed by atoms with Crippen LogP contribution in [0, 0.1) is 6.92 Å². The number of ether oxygens (including phenoxy) is 2. The highest BCUT2D eigenvalue weighted by Gasteiger charge is 2.27. The molecule has 3 rings (SSSR count). The number of hydrogen-bond acceptors (Lipinski definition) is 4. The van der Waals surface area contributed by atoms with Gasteiger partial charge in [0.25, 0.3) is 5.91 Å². The van der Waals surface area contributed by atoms with Crippen molar-refractivity contribution in [2.24, 2.45) is 0 Å². The number of hydrogen-bond donors (Lipinski definition) is 0. The summed E-state index contributed by atoms with van der Waals surface area (Å²) in [5, 5.41) is 0. The average Bonchev–Trinajstić information content (AvgIpc) is 2.95. The maximum absolute atomic E-state index is 12.8. The Morgan fingerprint density at radius 1 is 1.21 bits per heavy atom. The van der Waals surface area contributed by atoms with Gasteiger partial charge in [-0.3, -0.25) is 4.79 Å². The van der Waals surface area contributed by atoms with Crippen molar-refractivity contribution in [1.29, 1.82) is 0 Å². The van der Waals surface area contributed by atoms with Gasteiger partial charge < -0.3 is 14.4 Å². The van der Waals surface area contributed by atoms with Crippen molar-refractivity contribution in [3.8, 4) is 16.9 Å². The van der Waals surface area contributed by atoms with Crippen LogP contribution in [0.2, 0.25) is 0 Å². The molecule has 1 aliphatic heterocycles. The van der Waals surface area contributed by atoms with Crippen LogP contribution < -0.4 is 4.74 Å². The fraction of sp³-hybridized carbons (Fsp3) is 0.421. The largest absolute Gasteiger partial charge is 0.497 e. The number of rotatable bonds is 3. The zero-order valence-electron chi connectivity index (χ0n) is 14.5. The molecule has 5 heteroatoms. The number of morpholine rings is 1. The van der Waals surface area contributed by atoms with E-state index in [1.54, 1.807) is 18.4 Å². The molecule has 0 radical (unpaired) electrons. The van der Waals surface area contributed by atoms with Crippen molar-refractivity contribution in [3.63, 3.8) is 0 Å². The third-order valence-electron chi connectivity index (χ3n) is 4.24. The maximum atomic E-state index is 12.8. The summed E-state index contributed by atoms with van der Waals surface area (Å²) in [6.45, 7) is 7.39. The lowest BCUT2D eigenvalue weighted by Gasteiger charge is -2.35. The predicted octanol–water partition coefficient (Wildman–Crippen LogP) is 3.98. The van der Waals surface area contributed by atoms with Crippen LogP contribution in [0.25, 0.3) is 11.1 Å². The normalized spacial score (nSPS) is 20.9. The van der Waals surface area contributed by atoms with Crippen LogP contribution >= 0.6 is 11.3 Å². The van der Waals surface area contributed by atoms with Gasteiger partial charge in [-0.15, -0.1) is 11.3 Å². The van der Waals surface area contributed by atoms with Gasteiger partial charge in [-0.1, -0.05) is 12.1 Å². The number of amides is 1. The molecule has 2 aromatic rings. The molecule has 1 fully saturated rings. The van der Waals surface area contributed by atoms with E-state index in [1.165, 1.54) is 0 Å². The Kier molecular flexibility index (Phi) is 4.92. The van der Waals surface area contributed by atoms with E-state index >= 15 is 0 Å². The summed E-state index contributed by atoms with van der Waals surface area (Å²) in [7, 11) is 1.66. The molecule has 2 heterocycles. The SMILES string of the molecule is COc1ccc(-c2cc(C(=O)N3CC(C)OC(C)C3)sc2C)cc1. The Balaban J connectivity index is 1.83. The Hall–Kier alpha value is -1.85. The van der Waals surface area contributed by atoms with E-state index < -0.39 is 0 Å². The van der Waals surface area contributed by atoms with Gasteiger partial charge in [0, 0.05) is 18.0 Å². The van der Waals surface area contributed by atoms with Gasteiger partial charge >= 0.3 is 0 Å². The maximum Gasteiger partial charge on any atom is 0.264 e. The van der Waals surface area contributed by atoms with Crippen LogP contribution in [0.3, 0.4) is 0 Å². The van der Waals surface area contributed by atoms with Crippen molar-refractivity contribution < 1.29 is 14.3 Å². The molecule has 2 atom stereocenters. The molecule has 0 saturated carbocycles. The van der Waals surface area contributed by atoms with Crippen LogP contribution in [0.1, 0.15) is 28.4 Å². The molecule has 0 bridgehead atoms. The van der Waals surface area contributed by atoms with Crippen molar-refractivity contribution in [2.45, 2.75) is 33.0 Å². The van der Waals surface area contributed by atoms with E-state index in [9.17, 15) is 4.79 Å². The molecule has 0 aliphatic carbocycles. The summed E-state index contributed by atoms with van der Waals surface area (Å²) >= 11 is 1.56.